The van der Waals surface area contributed by atoms with Crippen LogP contribution in [0.4, 0.5) is 0 Å². The fourth-order valence-corrected chi connectivity index (χ4v) is 1.87. The first-order valence-corrected chi connectivity index (χ1v) is 5.65. The molecule has 14 heavy (non-hydrogen) atoms. The van der Waals surface area contributed by atoms with Gasteiger partial charge in [-0.3, -0.25) is 4.79 Å². The standard InChI is InChI=1S/C11H22N2O/c1-3-5-10(12)11(14)13(2)8-9-6-4-7-9/h9-10H,3-8,12H2,1-2H3/t10-/m1/s1. The molecule has 0 aliphatic heterocycles. The molecule has 0 saturated heterocycles. The van der Waals surface area contributed by atoms with E-state index in [4.69, 9.17) is 5.73 Å². The van der Waals surface area contributed by atoms with Crippen LogP contribution in [0.15, 0.2) is 0 Å². The molecule has 0 heterocycles. The molecule has 0 bridgehead atoms. The van der Waals surface area contributed by atoms with Crippen LogP contribution in [0.3, 0.4) is 0 Å². The number of hydrogen-bond donors (Lipinski definition) is 1. The molecule has 1 atom stereocenters. The third kappa shape index (κ3) is 2.98. The van der Waals surface area contributed by atoms with Gasteiger partial charge in [0.1, 0.15) is 0 Å². The van der Waals surface area contributed by atoms with Crippen molar-refractivity contribution in [2.24, 2.45) is 11.7 Å². The van der Waals surface area contributed by atoms with Gasteiger partial charge in [-0.05, 0) is 25.2 Å². The smallest absolute Gasteiger partial charge is 0.239 e. The van der Waals surface area contributed by atoms with E-state index >= 15 is 0 Å². The molecule has 1 aliphatic rings. The van der Waals surface area contributed by atoms with Gasteiger partial charge >= 0.3 is 0 Å². The highest BCUT2D eigenvalue weighted by atomic mass is 16.2. The number of likely N-dealkylation sites (N-methyl/N-ethyl adjacent to an activating group) is 1. The molecule has 1 aliphatic carbocycles. The predicted molar refractivity (Wildman–Crippen MR) is 57.9 cm³/mol. The van der Waals surface area contributed by atoms with E-state index in [0.29, 0.717) is 0 Å². The summed E-state index contributed by atoms with van der Waals surface area (Å²) < 4.78 is 0. The summed E-state index contributed by atoms with van der Waals surface area (Å²) in [5.74, 6) is 0.844. The molecule has 0 aromatic heterocycles. The van der Waals surface area contributed by atoms with Crippen molar-refractivity contribution in [2.75, 3.05) is 13.6 Å². The first-order valence-electron chi connectivity index (χ1n) is 5.65. The van der Waals surface area contributed by atoms with E-state index < -0.39 is 0 Å². The Bertz CT molecular complexity index is 190. The Hall–Kier alpha value is -0.570. The molecule has 0 unspecified atom stereocenters. The zero-order chi connectivity index (χ0) is 10.6. The lowest BCUT2D eigenvalue weighted by atomic mass is 9.85. The fourth-order valence-electron chi connectivity index (χ4n) is 1.87. The van der Waals surface area contributed by atoms with Gasteiger partial charge in [-0.15, -0.1) is 0 Å². The van der Waals surface area contributed by atoms with Crippen LogP contribution in [0.2, 0.25) is 0 Å². The summed E-state index contributed by atoms with van der Waals surface area (Å²) in [6, 6.07) is -0.287. The lowest BCUT2D eigenvalue weighted by Crippen LogP contribution is -2.44. The summed E-state index contributed by atoms with van der Waals surface area (Å²) in [4.78, 5) is 13.5. The van der Waals surface area contributed by atoms with E-state index in [9.17, 15) is 4.79 Å². The average Bonchev–Trinajstić information content (AvgIpc) is 2.10. The summed E-state index contributed by atoms with van der Waals surface area (Å²) in [5, 5.41) is 0. The van der Waals surface area contributed by atoms with Gasteiger partial charge in [0.2, 0.25) is 5.91 Å². The van der Waals surface area contributed by atoms with Crippen molar-refractivity contribution in [1.29, 1.82) is 0 Å². The van der Waals surface area contributed by atoms with Gasteiger partial charge in [0.25, 0.3) is 0 Å². The minimum absolute atomic E-state index is 0.110. The monoisotopic (exact) mass is 198 g/mol. The molecule has 82 valence electrons. The summed E-state index contributed by atoms with van der Waals surface area (Å²) in [5.41, 5.74) is 5.77. The number of carbonyl (C=O) groups is 1. The Morgan fingerprint density at radius 2 is 2.21 bits per heavy atom. The van der Waals surface area contributed by atoms with Crippen molar-refractivity contribution in [3.05, 3.63) is 0 Å². The molecule has 1 amide bonds. The summed E-state index contributed by atoms with van der Waals surface area (Å²) in [6.07, 6.45) is 5.66. The maximum atomic E-state index is 11.7. The number of amides is 1. The van der Waals surface area contributed by atoms with E-state index in [1.54, 1.807) is 0 Å². The van der Waals surface area contributed by atoms with Gasteiger partial charge in [-0.25, -0.2) is 0 Å². The van der Waals surface area contributed by atoms with Crippen LogP contribution in [0, 0.1) is 5.92 Å². The number of rotatable bonds is 5. The Balaban J connectivity index is 2.26. The summed E-state index contributed by atoms with van der Waals surface area (Å²) >= 11 is 0. The highest BCUT2D eigenvalue weighted by molar-refractivity contribution is 5.81. The van der Waals surface area contributed by atoms with Gasteiger partial charge in [-0.2, -0.15) is 0 Å². The van der Waals surface area contributed by atoms with Gasteiger partial charge in [-0.1, -0.05) is 19.8 Å². The van der Waals surface area contributed by atoms with Crippen molar-refractivity contribution >= 4 is 5.91 Å². The lowest BCUT2D eigenvalue weighted by Gasteiger charge is -2.31. The molecule has 0 aromatic rings. The third-order valence-corrected chi connectivity index (χ3v) is 3.05. The fraction of sp³-hybridized carbons (Fsp3) is 0.909. The second-order valence-corrected chi connectivity index (χ2v) is 4.41. The Morgan fingerprint density at radius 1 is 1.57 bits per heavy atom. The van der Waals surface area contributed by atoms with Gasteiger partial charge < -0.3 is 10.6 Å². The molecule has 1 saturated carbocycles. The van der Waals surface area contributed by atoms with Gasteiger partial charge in [0.05, 0.1) is 6.04 Å². The Labute approximate surface area is 86.6 Å². The topological polar surface area (TPSA) is 46.3 Å². The summed E-state index contributed by atoms with van der Waals surface area (Å²) in [6.45, 7) is 2.95. The maximum Gasteiger partial charge on any atom is 0.239 e. The molecule has 0 aromatic carbocycles. The molecule has 1 fully saturated rings. The molecule has 3 nitrogen and oxygen atoms in total. The second kappa shape index (κ2) is 5.35. The zero-order valence-electron chi connectivity index (χ0n) is 9.33. The van der Waals surface area contributed by atoms with E-state index in [2.05, 4.69) is 6.92 Å². The molecule has 2 N–H and O–H groups in total. The number of nitrogens with zero attached hydrogens (tertiary/aromatic N) is 1. The van der Waals surface area contributed by atoms with E-state index in [0.717, 1.165) is 25.3 Å². The van der Waals surface area contributed by atoms with Crippen LogP contribution in [-0.4, -0.2) is 30.4 Å². The van der Waals surface area contributed by atoms with Crippen LogP contribution in [0.1, 0.15) is 39.0 Å². The zero-order valence-corrected chi connectivity index (χ0v) is 9.33. The molecule has 3 heteroatoms. The maximum absolute atomic E-state index is 11.7. The quantitative estimate of drug-likeness (QED) is 0.725. The van der Waals surface area contributed by atoms with Crippen LogP contribution in [0.25, 0.3) is 0 Å². The van der Waals surface area contributed by atoms with Gasteiger partial charge in [0, 0.05) is 13.6 Å². The minimum Gasteiger partial charge on any atom is -0.344 e. The van der Waals surface area contributed by atoms with Crippen molar-refractivity contribution in [3.8, 4) is 0 Å². The number of nitrogens with two attached hydrogens (primary N) is 1. The van der Waals surface area contributed by atoms with Gasteiger partial charge in [0.15, 0.2) is 0 Å². The van der Waals surface area contributed by atoms with E-state index in [-0.39, 0.29) is 11.9 Å². The van der Waals surface area contributed by atoms with Crippen molar-refractivity contribution in [2.45, 2.75) is 45.1 Å². The van der Waals surface area contributed by atoms with Crippen LogP contribution in [-0.2, 0) is 4.79 Å². The Morgan fingerprint density at radius 3 is 2.64 bits per heavy atom. The number of hydrogen-bond acceptors (Lipinski definition) is 2. The average molecular weight is 198 g/mol. The van der Waals surface area contributed by atoms with Crippen LogP contribution in [0.5, 0.6) is 0 Å². The lowest BCUT2D eigenvalue weighted by molar-refractivity contribution is -0.132. The molecular weight excluding hydrogens is 176 g/mol. The highest BCUT2D eigenvalue weighted by Crippen LogP contribution is 2.26. The third-order valence-electron chi connectivity index (χ3n) is 3.05. The molecular formula is C11H22N2O. The SMILES string of the molecule is CCC[C@@H](N)C(=O)N(C)CC1CCC1. The van der Waals surface area contributed by atoms with Crippen molar-refractivity contribution in [3.63, 3.8) is 0 Å². The normalized spacial score (nSPS) is 18.8. The van der Waals surface area contributed by atoms with E-state index in [1.165, 1.54) is 19.3 Å². The first-order chi connectivity index (χ1) is 6.65. The first kappa shape index (κ1) is 11.5. The minimum atomic E-state index is -0.287. The molecule has 0 radical (unpaired) electrons. The predicted octanol–water partition coefficient (Wildman–Crippen LogP) is 1.37. The van der Waals surface area contributed by atoms with Crippen LogP contribution < -0.4 is 5.73 Å². The largest absolute Gasteiger partial charge is 0.344 e. The molecule has 1 rings (SSSR count). The number of carbonyl (C=O) groups excluding carboxylic acids is 1. The Kier molecular flexibility index (Phi) is 4.39. The molecule has 0 spiro atoms. The van der Waals surface area contributed by atoms with Crippen LogP contribution >= 0.6 is 0 Å². The highest BCUT2D eigenvalue weighted by Gasteiger charge is 2.23. The second-order valence-electron chi connectivity index (χ2n) is 4.41. The van der Waals surface area contributed by atoms with Crippen molar-refractivity contribution < 1.29 is 4.79 Å². The van der Waals surface area contributed by atoms with E-state index in [1.807, 2.05) is 11.9 Å². The van der Waals surface area contributed by atoms with Crippen molar-refractivity contribution in [1.82, 2.24) is 4.90 Å². The summed E-state index contributed by atoms with van der Waals surface area (Å²) in [7, 11) is 1.87.